The van der Waals surface area contributed by atoms with Crippen LogP contribution in [-0.2, 0) is 20.0 Å². The van der Waals surface area contributed by atoms with E-state index in [1.54, 1.807) is 6.07 Å². The van der Waals surface area contributed by atoms with Gasteiger partial charge in [0, 0.05) is 7.05 Å². The van der Waals surface area contributed by atoms with Gasteiger partial charge in [-0.3, -0.25) is 4.68 Å². The van der Waals surface area contributed by atoms with Crippen molar-refractivity contribution in [3.63, 3.8) is 0 Å². The molecule has 5 heteroatoms. The molecule has 0 atom stereocenters. The predicted molar refractivity (Wildman–Crippen MR) is 71.3 cm³/mol. The fraction of sp³-hybridized carbons (Fsp3) is 0.308. The van der Waals surface area contributed by atoms with Crippen molar-refractivity contribution >= 4 is 17.3 Å². The van der Waals surface area contributed by atoms with Gasteiger partial charge in [-0.15, -0.1) is 0 Å². The van der Waals surface area contributed by atoms with Crippen LogP contribution in [0.5, 0.6) is 0 Å². The summed E-state index contributed by atoms with van der Waals surface area (Å²) in [5.74, 6) is -0.304. The van der Waals surface area contributed by atoms with Gasteiger partial charge in [-0.25, -0.2) is 4.39 Å². The molecule has 1 N–H and O–H groups in total. The molecule has 0 aliphatic rings. The number of hydrogen-bond acceptors (Lipinski definition) is 2. The Balaban J connectivity index is 2.11. The molecule has 1 heterocycles. The summed E-state index contributed by atoms with van der Waals surface area (Å²) >= 11 is 5.98. The Hall–Kier alpha value is -1.55. The number of aryl methyl sites for hydroxylation is 2. The highest BCUT2D eigenvalue weighted by Gasteiger charge is 2.06. The number of benzene rings is 1. The van der Waals surface area contributed by atoms with Crippen LogP contribution in [0.4, 0.5) is 10.1 Å². The van der Waals surface area contributed by atoms with Gasteiger partial charge in [0.25, 0.3) is 0 Å². The molecule has 2 rings (SSSR count). The van der Waals surface area contributed by atoms with Gasteiger partial charge in [-0.05, 0) is 30.7 Å². The van der Waals surface area contributed by atoms with Gasteiger partial charge < -0.3 is 5.32 Å². The average molecular weight is 268 g/mol. The van der Waals surface area contributed by atoms with Gasteiger partial charge in [0.05, 0.1) is 28.6 Å². The fourth-order valence-electron chi connectivity index (χ4n) is 1.73. The molecule has 18 heavy (non-hydrogen) atoms. The lowest BCUT2D eigenvalue weighted by molar-refractivity contribution is 0.628. The van der Waals surface area contributed by atoms with Crippen molar-refractivity contribution in [3.05, 3.63) is 46.5 Å². The van der Waals surface area contributed by atoms with Crippen LogP contribution in [0.2, 0.25) is 5.02 Å². The van der Waals surface area contributed by atoms with E-state index in [0.29, 0.717) is 17.3 Å². The van der Waals surface area contributed by atoms with Crippen LogP contribution in [0.3, 0.4) is 0 Å². The van der Waals surface area contributed by atoms with Gasteiger partial charge in [-0.1, -0.05) is 18.5 Å². The second kappa shape index (κ2) is 5.40. The van der Waals surface area contributed by atoms with E-state index in [1.165, 1.54) is 12.1 Å². The third kappa shape index (κ3) is 2.82. The molecule has 0 saturated heterocycles. The number of aromatic nitrogens is 2. The minimum atomic E-state index is -0.304. The molecule has 0 aliphatic heterocycles. The number of nitrogens with one attached hydrogen (secondary N) is 1. The van der Waals surface area contributed by atoms with E-state index in [0.717, 1.165) is 17.8 Å². The first-order valence-electron chi connectivity index (χ1n) is 5.81. The zero-order valence-corrected chi connectivity index (χ0v) is 11.1. The molecule has 0 saturated carbocycles. The second-order valence-corrected chi connectivity index (χ2v) is 4.49. The zero-order chi connectivity index (χ0) is 13.1. The highest BCUT2D eigenvalue weighted by Crippen LogP contribution is 2.23. The molecule has 0 bridgehead atoms. The normalized spacial score (nSPS) is 10.7. The van der Waals surface area contributed by atoms with Crippen molar-refractivity contribution in [3.8, 4) is 0 Å². The minimum Gasteiger partial charge on any atom is -0.378 e. The van der Waals surface area contributed by atoms with Gasteiger partial charge in [0.1, 0.15) is 5.82 Å². The fourth-order valence-corrected chi connectivity index (χ4v) is 1.91. The Labute approximate surface area is 111 Å². The second-order valence-electron chi connectivity index (χ2n) is 4.08. The third-order valence-electron chi connectivity index (χ3n) is 2.78. The van der Waals surface area contributed by atoms with Crippen LogP contribution in [-0.4, -0.2) is 9.78 Å². The van der Waals surface area contributed by atoms with E-state index >= 15 is 0 Å². The molecule has 0 spiro atoms. The molecule has 2 aromatic rings. The summed E-state index contributed by atoms with van der Waals surface area (Å²) < 4.78 is 14.9. The number of rotatable bonds is 4. The van der Waals surface area contributed by atoms with E-state index in [2.05, 4.69) is 17.3 Å². The van der Waals surface area contributed by atoms with E-state index in [4.69, 9.17) is 11.6 Å². The summed E-state index contributed by atoms with van der Waals surface area (Å²) in [5.41, 5.74) is 2.67. The summed E-state index contributed by atoms with van der Waals surface area (Å²) in [7, 11) is 1.89. The lowest BCUT2D eigenvalue weighted by Gasteiger charge is -2.08. The topological polar surface area (TPSA) is 29.9 Å². The average Bonchev–Trinajstić information content (AvgIpc) is 2.71. The molecule has 0 fully saturated rings. The van der Waals surface area contributed by atoms with Crippen LogP contribution in [0, 0.1) is 5.82 Å². The lowest BCUT2D eigenvalue weighted by Crippen LogP contribution is -2.05. The maximum atomic E-state index is 13.1. The third-order valence-corrected chi connectivity index (χ3v) is 3.11. The highest BCUT2D eigenvalue weighted by atomic mass is 35.5. The smallest absolute Gasteiger partial charge is 0.125 e. The summed E-state index contributed by atoms with van der Waals surface area (Å²) in [6.45, 7) is 2.62. The molecule has 3 nitrogen and oxygen atoms in total. The van der Waals surface area contributed by atoms with E-state index in [1.807, 2.05) is 17.8 Å². The molecule has 96 valence electrons. The molecule has 1 aromatic heterocycles. The number of nitrogens with zero attached hydrogens (tertiary/aromatic N) is 2. The first kappa shape index (κ1) is 12.9. The molecule has 0 unspecified atom stereocenters. The van der Waals surface area contributed by atoms with Crippen LogP contribution < -0.4 is 5.32 Å². The van der Waals surface area contributed by atoms with Gasteiger partial charge in [-0.2, -0.15) is 5.10 Å². The molecular formula is C13H15ClFN3. The Morgan fingerprint density at radius 3 is 2.83 bits per heavy atom. The summed E-state index contributed by atoms with van der Waals surface area (Å²) in [6.07, 6.45) is 0.897. The SMILES string of the molecule is CCc1cc(CNc2cc(F)ccc2Cl)n(C)n1. The van der Waals surface area contributed by atoms with Crippen molar-refractivity contribution < 1.29 is 4.39 Å². The standard InChI is InChI=1S/C13H15ClFN3/c1-3-10-7-11(18(2)17-10)8-16-13-6-9(15)4-5-12(13)14/h4-7,16H,3,8H2,1-2H3. The molecule has 0 radical (unpaired) electrons. The number of anilines is 1. The minimum absolute atomic E-state index is 0.304. The number of halogens is 2. The van der Waals surface area contributed by atoms with Crippen LogP contribution in [0.25, 0.3) is 0 Å². The number of hydrogen-bond donors (Lipinski definition) is 1. The zero-order valence-electron chi connectivity index (χ0n) is 10.4. The van der Waals surface area contributed by atoms with Crippen molar-refractivity contribution in [2.24, 2.45) is 7.05 Å². The quantitative estimate of drug-likeness (QED) is 0.920. The molecule has 0 amide bonds. The van der Waals surface area contributed by atoms with Crippen molar-refractivity contribution in [2.45, 2.75) is 19.9 Å². The van der Waals surface area contributed by atoms with E-state index < -0.39 is 0 Å². The lowest BCUT2D eigenvalue weighted by atomic mass is 10.2. The maximum Gasteiger partial charge on any atom is 0.125 e. The molecular weight excluding hydrogens is 253 g/mol. The van der Waals surface area contributed by atoms with Crippen molar-refractivity contribution in [1.29, 1.82) is 0 Å². The Morgan fingerprint density at radius 1 is 1.39 bits per heavy atom. The summed E-state index contributed by atoms with van der Waals surface area (Å²) in [5, 5.41) is 7.98. The predicted octanol–water partition coefficient (Wildman–Crippen LogP) is 3.39. The van der Waals surface area contributed by atoms with Gasteiger partial charge in [0.2, 0.25) is 0 Å². The van der Waals surface area contributed by atoms with Crippen molar-refractivity contribution in [2.75, 3.05) is 5.32 Å². The van der Waals surface area contributed by atoms with Crippen molar-refractivity contribution in [1.82, 2.24) is 9.78 Å². The van der Waals surface area contributed by atoms with E-state index in [-0.39, 0.29) is 5.82 Å². The first-order valence-corrected chi connectivity index (χ1v) is 6.18. The van der Waals surface area contributed by atoms with Gasteiger partial charge >= 0.3 is 0 Å². The largest absolute Gasteiger partial charge is 0.378 e. The maximum absolute atomic E-state index is 13.1. The Bertz CT molecular complexity index is 551. The Morgan fingerprint density at radius 2 is 2.17 bits per heavy atom. The molecule has 1 aromatic carbocycles. The Kier molecular flexibility index (Phi) is 3.87. The monoisotopic (exact) mass is 267 g/mol. The summed E-state index contributed by atoms with van der Waals surface area (Å²) in [6, 6.07) is 6.30. The van der Waals surface area contributed by atoms with Crippen LogP contribution in [0.15, 0.2) is 24.3 Å². The van der Waals surface area contributed by atoms with Gasteiger partial charge in [0.15, 0.2) is 0 Å². The summed E-state index contributed by atoms with van der Waals surface area (Å²) in [4.78, 5) is 0. The molecule has 0 aliphatic carbocycles. The van der Waals surface area contributed by atoms with Crippen LogP contribution in [0.1, 0.15) is 18.3 Å². The van der Waals surface area contributed by atoms with E-state index in [9.17, 15) is 4.39 Å². The van der Waals surface area contributed by atoms with Crippen LogP contribution >= 0.6 is 11.6 Å². The first-order chi connectivity index (χ1) is 8.60. The highest BCUT2D eigenvalue weighted by molar-refractivity contribution is 6.33.